The maximum absolute atomic E-state index is 4.08. The molecule has 0 saturated heterocycles. The molecule has 0 spiro atoms. The Morgan fingerprint density at radius 1 is 1.20 bits per heavy atom. The summed E-state index contributed by atoms with van der Waals surface area (Å²) in [5.41, 5.74) is 2.56. The van der Waals surface area contributed by atoms with Crippen LogP contribution in [-0.4, -0.2) is 9.97 Å². The Labute approximate surface area is 91.7 Å². The van der Waals surface area contributed by atoms with Crippen LogP contribution in [0.2, 0.25) is 0 Å². The minimum atomic E-state index is 0.180. The van der Waals surface area contributed by atoms with Gasteiger partial charge in [-0.3, -0.25) is 4.98 Å². The van der Waals surface area contributed by atoms with E-state index in [4.69, 9.17) is 0 Å². The summed E-state index contributed by atoms with van der Waals surface area (Å²) in [5.74, 6) is 0. The maximum atomic E-state index is 4.08. The lowest BCUT2D eigenvalue weighted by Gasteiger charge is -2.15. The van der Waals surface area contributed by atoms with Crippen LogP contribution in [0.5, 0.6) is 0 Å². The molecule has 15 heavy (non-hydrogen) atoms. The molecule has 2 aromatic rings. The van der Waals surface area contributed by atoms with Gasteiger partial charge < -0.3 is 4.98 Å². The van der Waals surface area contributed by atoms with E-state index in [1.807, 2.05) is 32.3 Å². The second-order valence-corrected chi connectivity index (χ2v) is 4.40. The average Bonchev–Trinajstić information content (AvgIpc) is 2.63. The van der Waals surface area contributed by atoms with Gasteiger partial charge in [-0.1, -0.05) is 34.6 Å². The second kappa shape index (κ2) is 4.47. The average molecular weight is 204 g/mol. The summed E-state index contributed by atoms with van der Waals surface area (Å²) in [5, 5.41) is 1.24. The Hall–Kier alpha value is -1.31. The molecule has 0 aliphatic heterocycles. The predicted molar refractivity (Wildman–Crippen MR) is 66.1 cm³/mol. The van der Waals surface area contributed by atoms with Crippen LogP contribution >= 0.6 is 0 Å². The van der Waals surface area contributed by atoms with Crippen molar-refractivity contribution in [2.75, 3.05) is 0 Å². The smallest absolute Gasteiger partial charge is 0.0642 e. The van der Waals surface area contributed by atoms with Crippen molar-refractivity contribution in [1.82, 2.24) is 9.97 Å². The van der Waals surface area contributed by atoms with E-state index in [2.05, 4.69) is 36.8 Å². The quantitative estimate of drug-likeness (QED) is 0.693. The van der Waals surface area contributed by atoms with Crippen molar-refractivity contribution in [3.05, 3.63) is 30.2 Å². The third-order valence-electron chi connectivity index (χ3n) is 2.23. The highest BCUT2D eigenvalue weighted by Gasteiger charge is 2.15. The van der Waals surface area contributed by atoms with Crippen molar-refractivity contribution in [2.45, 2.75) is 40.0 Å². The van der Waals surface area contributed by atoms with Gasteiger partial charge in [0.2, 0.25) is 0 Å². The molecule has 0 aliphatic carbocycles. The first-order chi connectivity index (χ1) is 7.07. The van der Waals surface area contributed by atoms with Crippen LogP contribution in [0.1, 0.15) is 40.3 Å². The molecule has 82 valence electrons. The fourth-order valence-corrected chi connectivity index (χ4v) is 1.38. The van der Waals surface area contributed by atoms with Crippen molar-refractivity contribution in [3.8, 4) is 0 Å². The largest absolute Gasteiger partial charge is 0.357 e. The molecule has 0 bridgehead atoms. The van der Waals surface area contributed by atoms with Crippen molar-refractivity contribution in [2.24, 2.45) is 0 Å². The molecule has 0 unspecified atom stereocenters. The van der Waals surface area contributed by atoms with Crippen LogP contribution in [0.4, 0.5) is 0 Å². The molecule has 2 rings (SSSR count). The zero-order valence-electron chi connectivity index (χ0n) is 10.3. The lowest BCUT2D eigenvalue weighted by atomic mass is 9.92. The molecule has 0 saturated carbocycles. The predicted octanol–water partition coefficient (Wildman–Crippen LogP) is 3.89. The Bertz CT molecular complexity index is 388. The fourth-order valence-electron chi connectivity index (χ4n) is 1.38. The van der Waals surface area contributed by atoms with E-state index in [0.29, 0.717) is 0 Å². The van der Waals surface area contributed by atoms with Crippen molar-refractivity contribution in [1.29, 1.82) is 0 Å². The van der Waals surface area contributed by atoms with Gasteiger partial charge in [0, 0.05) is 22.7 Å². The zero-order chi connectivity index (χ0) is 11.5. The molecule has 0 amide bonds. The molecule has 2 heteroatoms. The molecular weight excluding hydrogens is 184 g/mol. The summed E-state index contributed by atoms with van der Waals surface area (Å²) in [6, 6.07) is 4.22. The van der Waals surface area contributed by atoms with E-state index in [-0.39, 0.29) is 5.41 Å². The third-order valence-corrected chi connectivity index (χ3v) is 2.23. The molecule has 2 heterocycles. The molecule has 0 aromatic carbocycles. The van der Waals surface area contributed by atoms with Gasteiger partial charge >= 0.3 is 0 Å². The van der Waals surface area contributed by atoms with E-state index in [0.717, 1.165) is 5.52 Å². The van der Waals surface area contributed by atoms with Gasteiger partial charge in [-0.2, -0.15) is 0 Å². The van der Waals surface area contributed by atoms with E-state index in [1.165, 1.54) is 11.1 Å². The SMILES string of the molecule is CC.CC(C)(C)c1cc2ccncc2[nH]1. The van der Waals surface area contributed by atoms with Crippen molar-refractivity contribution >= 4 is 10.9 Å². The normalized spacial score (nSPS) is 11.0. The minimum absolute atomic E-state index is 0.180. The number of pyridine rings is 1. The molecule has 0 aliphatic rings. The zero-order valence-corrected chi connectivity index (χ0v) is 10.3. The van der Waals surface area contributed by atoms with E-state index >= 15 is 0 Å². The molecule has 2 aromatic heterocycles. The first kappa shape index (κ1) is 11.8. The number of aromatic amines is 1. The van der Waals surface area contributed by atoms with Gasteiger partial charge in [0.25, 0.3) is 0 Å². The van der Waals surface area contributed by atoms with Gasteiger partial charge in [0.1, 0.15) is 0 Å². The van der Waals surface area contributed by atoms with Crippen molar-refractivity contribution < 1.29 is 0 Å². The standard InChI is InChI=1S/C11H14N2.C2H6/c1-11(2,3)10-6-8-4-5-12-7-9(8)13-10;1-2/h4-7,13H,1-3H3;1-2H3. The van der Waals surface area contributed by atoms with Crippen molar-refractivity contribution in [3.63, 3.8) is 0 Å². The number of hydrogen-bond acceptors (Lipinski definition) is 1. The number of aromatic nitrogens is 2. The highest BCUT2D eigenvalue weighted by atomic mass is 14.8. The number of nitrogens with one attached hydrogen (secondary N) is 1. The summed E-state index contributed by atoms with van der Waals surface area (Å²) in [6.45, 7) is 10.6. The summed E-state index contributed by atoms with van der Waals surface area (Å²) in [6.07, 6.45) is 3.69. The third kappa shape index (κ3) is 2.58. The molecule has 1 N–H and O–H groups in total. The lowest BCUT2D eigenvalue weighted by Crippen LogP contribution is -2.10. The van der Waals surface area contributed by atoms with Gasteiger partial charge in [-0.25, -0.2) is 0 Å². The Balaban J connectivity index is 0.000000531. The van der Waals surface area contributed by atoms with Gasteiger partial charge in [0.05, 0.1) is 11.7 Å². The number of nitrogens with zero attached hydrogens (tertiary/aromatic N) is 1. The molecule has 0 atom stereocenters. The second-order valence-electron chi connectivity index (χ2n) is 4.40. The Kier molecular flexibility index (Phi) is 3.51. The fraction of sp³-hybridized carbons (Fsp3) is 0.462. The lowest BCUT2D eigenvalue weighted by molar-refractivity contribution is 0.574. The highest BCUT2D eigenvalue weighted by molar-refractivity contribution is 5.79. The van der Waals surface area contributed by atoms with Gasteiger partial charge in [-0.05, 0) is 12.1 Å². The first-order valence-corrected chi connectivity index (χ1v) is 5.50. The molecule has 0 radical (unpaired) electrons. The Morgan fingerprint density at radius 3 is 2.40 bits per heavy atom. The van der Waals surface area contributed by atoms with Gasteiger partial charge in [-0.15, -0.1) is 0 Å². The van der Waals surface area contributed by atoms with E-state index in [9.17, 15) is 0 Å². The number of fused-ring (bicyclic) bond motifs is 1. The number of rotatable bonds is 0. The highest BCUT2D eigenvalue weighted by Crippen LogP contribution is 2.24. The maximum Gasteiger partial charge on any atom is 0.0642 e. The minimum Gasteiger partial charge on any atom is -0.357 e. The molecule has 2 nitrogen and oxygen atoms in total. The van der Waals surface area contributed by atoms with Crippen LogP contribution in [0.3, 0.4) is 0 Å². The number of H-pyrrole nitrogens is 1. The first-order valence-electron chi connectivity index (χ1n) is 5.50. The van der Waals surface area contributed by atoms with E-state index in [1.54, 1.807) is 0 Å². The summed E-state index contributed by atoms with van der Waals surface area (Å²) < 4.78 is 0. The van der Waals surface area contributed by atoms with Crippen LogP contribution in [0.25, 0.3) is 10.9 Å². The van der Waals surface area contributed by atoms with Crippen LogP contribution in [-0.2, 0) is 5.41 Å². The topological polar surface area (TPSA) is 28.7 Å². The van der Waals surface area contributed by atoms with Gasteiger partial charge in [0.15, 0.2) is 0 Å². The van der Waals surface area contributed by atoms with Crippen LogP contribution in [0, 0.1) is 0 Å². The van der Waals surface area contributed by atoms with Crippen LogP contribution < -0.4 is 0 Å². The molecular formula is C13H20N2. The summed E-state index contributed by atoms with van der Waals surface area (Å²) >= 11 is 0. The van der Waals surface area contributed by atoms with Crippen LogP contribution in [0.15, 0.2) is 24.5 Å². The summed E-state index contributed by atoms with van der Waals surface area (Å²) in [7, 11) is 0. The summed E-state index contributed by atoms with van der Waals surface area (Å²) in [4.78, 5) is 7.45. The molecule has 0 fully saturated rings. The Morgan fingerprint density at radius 2 is 1.87 bits per heavy atom. The monoisotopic (exact) mass is 204 g/mol. The number of hydrogen-bond donors (Lipinski definition) is 1. The van der Waals surface area contributed by atoms with E-state index < -0.39 is 0 Å².